The maximum absolute atomic E-state index is 12.4. The molecular formula is C19H24N4O4. The second-order valence-corrected chi connectivity index (χ2v) is 6.99. The van der Waals surface area contributed by atoms with Crippen LogP contribution in [0.3, 0.4) is 0 Å². The normalized spacial score (nSPS) is 18.4. The minimum absolute atomic E-state index is 0.0625. The summed E-state index contributed by atoms with van der Waals surface area (Å²) < 4.78 is 15.8. The van der Waals surface area contributed by atoms with Gasteiger partial charge in [-0.25, -0.2) is 0 Å². The summed E-state index contributed by atoms with van der Waals surface area (Å²) in [5.41, 5.74) is 1.21. The smallest absolute Gasteiger partial charge is 0.242 e. The summed E-state index contributed by atoms with van der Waals surface area (Å²) in [7, 11) is 0. The molecule has 27 heavy (non-hydrogen) atoms. The Morgan fingerprint density at radius 3 is 2.70 bits per heavy atom. The fraction of sp³-hybridized carbons (Fsp3) is 0.474. The molecule has 144 valence electrons. The van der Waals surface area contributed by atoms with E-state index in [1.807, 2.05) is 19.1 Å². The lowest BCUT2D eigenvalue weighted by atomic mass is 10.1. The number of rotatable bonds is 5. The second kappa shape index (κ2) is 7.58. The number of nitrogens with one attached hydrogen (secondary N) is 1. The van der Waals surface area contributed by atoms with Crippen LogP contribution in [0.2, 0.25) is 0 Å². The molecule has 0 spiro atoms. The van der Waals surface area contributed by atoms with Crippen molar-refractivity contribution in [2.75, 3.05) is 38.3 Å². The third-order valence-electron chi connectivity index (χ3n) is 5.06. The number of aryl methyl sites for hydroxylation is 1. The number of anilines is 1. The zero-order chi connectivity index (χ0) is 18.8. The van der Waals surface area contributed by atoms with Crippen LogP contribution in [0.25, 0.3) is 0 Å². The highest BCUT2D eigenvalue weighted by Crippen LogP contribution is 2.32. The van der Waals surface area contributed by atoms with E-state index in [-0.39, 0.29) is 11.9 Å². The third kappa shape index (κ3) is 4.06. The average molecular weight is 372 g/mol. The number of benzene rings is 1. The number of amides is 1. The van der Waals surface area contributed by atoms with Gasteiger partial charge in [0, 0.05) is 38.8 Å². The van der Waals surface area contributed by atoms with Crippen molar-refractivity contribution in [2.45, 2.75) is 26.4 Å². The van der Waals surface area contributed by atoms with E-state index in [2.05, 4.69) is 26.3 Å². The molecule has 0 saturated carbocycles. The van der Waals surface area contributed by atoms with Gasteiger partial charge in [-0.1, -0.05) is 11.2 Å². The van der Waals surface area contributed by atoms with Gasteiger partial charge in [0.15, 0.2) is 17.3 Å². The molecule has 1 saturated heterocycles. The minimum atomic E-state index is -0.213. The summed E-state index contributed by atoms with van der Waals surface area (Å²) in [4.78, 5) is 17.0. The van der Waals surface area contributed by atoms with Gasteiger partial charge in [0.05, 0.1) is 6.04 Å². The monoisotopic (exact) mass is 372 g/mol. The zero-order valence-electron chi connectivity index (χ0n) is 15.6. The van der Waals surface area contributed by atoms with Crippen LogP contribution in [0.15, 0.2) is 28.8 Å². The maximum atomic E-state index is 12.4. The molecule has 3 heterocycles. The van der Waals surface area contributed by atoms with Crippen LogP contribution in [0.4, 0.5) is 5.82 Å². The van der Waals surface area contributed by atoms with Gasteiger partial charge >= 0.3 is 0 Å². The first-order chi connectivity index (χ1) is 13.1. The van der Waals surface area contributed by atoms with Crippen molar-refractivity contribution in [3.63, 3.8) is 0 Å². The van der Waals surface area contributed by atoms with Crippen LogP contribution >= 0.6 is 0 Å². The first-order valence-corrected chi connectivity index (χ1v) is 9.17. The van der Waals surface area contributed by atoms with Gasteiger partial charge in [-0.15, -0.1) is 0 Å². The lowest BCUT2D eigenvalue weighted by Crippen LogP contribution is -2.52. The molecule has 4 rings (SSSR count). The van der Waals surface area contributed by atoms with E-state index in [9.17, 15) is 4.79 Å². The van der Waals surface area contributed by atoms with E-state index in [0.717, 1.165) is 44.2 Å². The first kappa shape index (κ1) is 17.8. The summed E-state index contributed by atoms with van der Waals surface area (Å²) in [5.74, 6) is 2.71. The highest BCUT2D eigenvalue weighted by atomic mass is 16.7. The molecule has 1 amide bonds. The van der Waals surface area contributed by atoms with Gasteiger partial charge in [0.2, 0.25) is 12.7 Å². The van der Waals surface area contributed by atoms with Crippen molar-refractivity contribution in [2.24, 2.45) is 0 Å². The van der Waals surface area contributed by atoms with E-state index in [1.165, 1.54) is 5.56 Å². The highest BCUT2D eigenvalue weighted by Gasteiger charge is 2.26. The van der Waals surface area contributed by atoms with Crippen molar-refractivity contribution < 1.29 is 18.8 Å². The van der Waals surface area contributed by atoms with Crippen LogP contribution in [0, 0.1) is 6.92 Å². The SMILES string of the molecule is Cc1cc(NC(=O)[C@H](C)N2CCN(Cc3ccc4c(c3)OCO4)CC2)no1. The average Bonchev–Trinajstić information content (AvgIpc) is 3.30. The van der Waals surface area contributed by atoms with Gasteiger partial charge in [0.1, 0.15) is 5.76 Å². The lowest BCUT2D eigenvalue weighted by molar-refractivity contribution is -0.121. The van der Waals surface area contributed by atoms with Gasteiger partial charge in [-0.05, 0) is 31.5 Å². The van der Waals surface area contributed by atoms with Crippen molar-refractivity contribution in [1.29, 1.82) is 0 Å². The molecule has 0 aliphatic carbocycles. The van der Waals surface area contributed by atoms with Crippen LogP contribution < -0.4 is 14.8 Å². The number of carbonyl (C=O) groups is 1. The van der Waals surface area contributed by atoms with Gasteiger partial charge < -0.3 is 19.3 Å². The molecule has 1 fully saturated rings. The highest BCUT2D eigenvalue weighted by molar-refractivity contribution is 5.93. The first-order valence-electron chi connectivity index (χ1n) is 9.17. The van der Waals surface area contributed by atoms with Gasteiger partial charge in [-0.2, -0.15) is 0 Å². The Kier molecular flexibility index (Phi) is 5.00. The zero-order valence-corrected chi connectivity index (χ0v) is 15.6. The number of nitrogens with zero attached hydrogens (tertiary/aromatic N) is 3. The summed E-state index contributed by atoms with van der Waals surface area (Å²) in [6, 6.07) is 7.59. The minimum Gasteiger partial charge on any atom is -0.454 e. The summed E-state index contributed by atoms with van der Waals surface area (Å²) in [6.07, 6.45) is 0. The number of ether oxygens (including phenoxy) is 2. The Labute approximate surface area is 158 Å². The van der Waals surface area contributed by atoms with Crippen molar-refractivity contribution >= 4 is 11.7 Å². The molecule has 2 aliphatic rings. The number of hydrogen-bond acceptors (Lipinski definition) is 7. The topological polar surface area (TPSA) is 80.1 Å². The predicted octanol–water partition coefficient (Wildman–Crippen LogP) is 1.86. The van der Waals surface area contributed by atoms with Crippen molar-refractivity contribution in [1.82, 2.24) is 15.0 Å². The van der Waals surface area contributed by atoms with Crippen molar-refractivity contribution in [3.8, 4) is 11.5 Å². The molecule has 0 unspecified atom stereocenters. The van der Waals surface area contributed by atoms with Crippen LogP contribution in [0.1, 0.15) is 18.2 Å². The maximum Gasteiger partial charge on any atom is 0.242 e. The third-order valence-corrected chi connectivity index (χ3v) is 5.06. The quantitative estimate of drug-likeness (QED) is 0.858. The van der Waals surface area contributed by atoms with Crippen molar-refractivity contribution in [3.05, 3.63) is 35.6 Å². The Hall–Kier alpha value is -2.58. The number of fused-ring (bicyclic) bond motifs is 1. The Bertz CT molecular complexity index is 814. The summed E-state index contributed by atoms with van der Waals surface area (Å²) >= 11 is 0. The summed E-state index contributed by atoms with van der Waals surface area (Å²) in [5, 5.41) is 6.62. The summed E-state index contributed by atoms with van der Waals surface area (Å²) in [6.45, 7) is 8.40. The molecule has 2 aliphatic heterocycles. The number of hydrogen-bond donors (Lipinski definition) is 1. The molecule has 1 aromatic carbocycles. The fourth-order valence-electron chi connectivity index (χ4n) is 3.43. The number of piperazine rings is 1. The molecule has 2 aromatic rings. The van der Waals surface area contributed by atoms with Gasteiger partial charge in [-0.3, -0.25) is 14.6 Å². The molecule has 8 nitrogen and oxygen atoms in total. The fourth-order valence-corrected chi connectivity index (χ4v) is 3.43. The molecule has 0 radical (unpaired) electrons. The number of aromatic nitrogens is 1. The Morgan fingerprint density at radius 2 is 1.96 bits per heavy atom. The predicted molar refractivity (Wildman–Crippen MR) is 98.7 cm³/mol. The standard InChI is InChI=1S/C19H24N4O4/c1-13-9-18(21-27-13)20-19(24)14(2)23-7-5-22(6-8-23)11-15-3-4-16-17(10-15)26-12-25-16/h3-4,9-10,14H,5-8,11-12H2,1-2H3,(H,20,21,24)/t14-/m0/s1. The van der Waals surface area contributed by atoms with Gasteiger partial charge in [0.25, 0.3) is 0 Å². The van der Waals surface area contributed by atoms with E-state index >= 15 is 0 Å². The molecule has 1 atom stereocenters. The van der Waals surface area contributed by atoms with E-state index < -0.39 is 0 Å². The largest absolute Gasteiger partial charge is 0.454 e. The molecular weight excluding hydrogens is 348 g/mol. The van der Waals surface area contributed by atoms with Crippen LogP contribution in [-0.2, 0) is 11.3 Å². The van der Waals surface area contributed by atoms with E-state index in [4.69, 9.17) is 14.0 Å². The molecule has 1 N–H and O–H groups in total. The lowest BCUT2D eigenvalue weighted by Gasteiger charge is -2.37. The molecule has 1 aromatic heterocycles. The van der Waals surface area contributed by atoms with Crippen LogP contribution in [-0.4, -0.2) is 59.9 Å². The van der Waals surface area contributed by atoms with E-state index in [1.54, 1.807) is 13.0 Å². The second-order valence-electron chi connectivity index (χ2n) is 6.99. The van der Waals surface area contributed by atoms with E-state index in [0.29, 0.717) is 18.4 Å². The van der Waals surface area contributed by atoms with Crippen LogP contribution in [0.5, 0.6) is 11.5 Å². The Balaban J connectivity index is 1.27. The number of carbonyl (C=O) groups excluding carboxylic acids is 1. The Morgan fingerprint density at radius 1 is 1.19 bits per heavy atom. The molecule has 0 bridgehead atoms. The molecule has 8 heteroatoms.